The minimum Gasteiger partial charge on any atom is -0.258 e. The lowest BCUT2D eigenvalue weighted by molar-refractivity contribution is -0.385. The molecule has 104 valence electrons. The van der Waals surface area contributed by atoms with Crippen LogP contribution in [0, 0.1) is 17.0 Å². The molecule has 1 N–H and O–H groups in total. The number of nitrogens with one attached hydrogen (secondary N) is 1. The van der Waals surface area contributed by atoms with Crippen LogP contribution in [0.4, 0.5) is 5.69 Å². The molecule has 0 aromatic heterocycles. The number of benzene rings is 1. The fourth-order valence-corrected chi connectivity index (χ4v) is 2.92. The van der Waals surface area contributed by atoms with Crippen molar-refractivity contribution in [3.63, 3.8) is 0 Å². The Balaban J connectivity index is 3.02. The molecule has 0 atom stereocenters. The number of rotatable bonds is 6. The number of hydrogen-bond acceptors (Lipinski definition) is 4. The van der Waals surface area contributed by atoms with Crippen molar-refractivity contribution in [2.24, 2.45) is 0 Å². The quantitative estimate of drug-likeness (QED) is 0.375. The van der Waals surface area contributed by atoms with Crippen LogP contribution in [-0.2, 0) is 10.0 Å². The van der Waals surface area contributed by atoms with Crippen LogP contribution in [0.3, 0.4) is 0 Å². The maximum Gasteiger partial charge on any atom is 0.273 e. The van der Waals surface area contributed by atoms with Crippen molar-refractivity contribution >= 4 is 15.7 Å². The predicted octanol–water partition coefficient (Wildman–Crippen LogP) is 2.15. The summed E-state index contributed by atoms with van der Waals surface area (Å²) < 4.78 is 26.5. The third-order valence-electron chi connectivity index (χ3n) is 2.58. The molecule has 0 unspecified atom stereocenters. The summed E-state index contributed by atoms with van der Waals surface area (Å²) >= 11 is 0. The van der Waals surface area contributed by atoms with E-state index in [1.165, 1.54) is 25.1 Å². The van der Waals surface area contributed by atoms with E-state index in [9.17, 15) is 18.5 Å². The van der Waals surface area contributed by atoms with Gasteiger partial charge in [-0.25, -0.2) is 13.1 Å². The van der Waals surface area contributed by atoms with Gasteiger partial charge in [-0.3, -0.25) is 10.1 Å². The lowest BCUT2D eigenvalue weighted by atomic mass is 10.2. The van der Waals surface area contributed by atoms with Crippen LogP contribution >= 0.6 is 0 Å². The van der Waals surface area contributed by atoms with Crippen molar-refractivity contribution in [2.75, 3.05) is 6.54 Å². The van der Waals surface area contributed by atoms with Gasteiger partial charge in [0.1, 0.15) is 0 Å². The summed E-state index contributed by atoms with van der Waals surface area (Å²) in [5, 5.41) is 10.8. The number of allylic oxidation sites excluding steroid dienone is 1. The van der Waals surface area contributed by atoms with Crippen LogP contribution < -0.4 is 4.72 Å². The number of nitro benzene ring substituents is 1. The molecule has 7 heteroatoms. The van der Waals surface area contributed by atoms with Crippen LogP contribution in [-0.4, -0.2) is 19.9 Å². The summed E-state index contributed by atoms with van der Waals surface area (Å²) in [4.78, 5) is 10.1. The van der Waals surface area contributed by atoms with Crippen LogP contribution in [0.25, 0.3) is 0 Å². The minimum atomic E-state index is -3.72. The van der Waals surface area contributed by atoms with Gasteiger partial charge in [-0.1, -0.05) is 18.2 Å². The van der Waals surface area contributed by atoms with Crippen LogP contribution in [0.2, 0.25) is 0 Å². The van der Waals surface area contributed by atoms with Gasteiger partial charge in [-0.15, -0.1) is 0 Å². The van der Waals surface area contributed by atoms with Gasteiger partial charge < -0.3 is 0 Å². The van der Waals surface area contributed by atoms with E-state index < -0.39 is 14.9 Å². The summed E-state index contributed by atoms with van der Waals surface area (Å²) in [7, 11) is -3.72. The molecule has 0 aliphatic rings. The van der Waals surface area contributed by atoms with Crippen molar-refractivity contribution in [1.29, 1.82) is 0 Å². The van der Waals surface area contributed by atoms with Crippen molar-refractivity contribution < 1.29 is 13.3 Å². The number of sulfonamides is 1. The number of hydrogen-bond donors (Lipinski definition) is 1. The van der Waals surface area contributed by atoms with Crippen molar-refractivity contribution in [3.8, 4) is 0 Å². The first-order chi connectivity index (χ1) is 8.90. The Morgan fingerprint density at radius 3 is 2.68 bits per heavy atom. The molecule has 19 heavy (non-hydrogen) atoms. The van der Waals surface area contributed by atoms with Gasteiger partial charge in [-0.2, -0.15) is 0 Å². The molecule has 1 aromatic rings. The topological polar surface area (TPSA) is 89.3 Å². The molecule has 0 radical (unpaired) electrons. The van der Waals surface area contributed by atoms with Crippen LogP contribution in [0.5, 0.6) is 0 Å². The number of nitro groups is 1. The van der Waals surface area contributed by atoms with Gasteiger partial charge in [0, 0.05) is 18.2 Å². The molecular weight excluding hydrogens is 268 g/mol. The summed E-state index contributed by atoms with van der Waals surface area (Å²) in [5.74, 6) is 0. The fraction of sp³-hybridized carbons (Fsp3) is 0.333. The molecule has 0 saturated heterocycles. The lowest BCUT2D eigenvalue weighted by Gasteiger charge is -2.08. The molecule has 0 fully saturated rings. The molecule has 0 bridgehead atoms. The highest BCUT2D eigenvalue weighted by Crippen LogP contribution is 2.24. The van der Waals surface area contributed by atoms with E-state index in [0.717, 1.165) is 0 Å². The zero-order valence-electron chi connectivity index (χ0n) is 10.8. The Bertz CT molecular complexity index is 594. The van der Waals surface area contributed by atoms with Crippen molar-refractivity contribution in [1.82, 2.24) is 4.72 Å². The Morgan fingerprint density at radius 2 is 2.11 bits per heavy atom. The molecule has 0 spiro atoms. The molecule has 1 rings (SSSR count). The third kappa shape index (κ3) is 3.87. The second-order valence-electron chi connectivity index (χ2n) is 3.91. The Morgan fingerprint density at radius 1 is 1.42 bits per heavy atom. The van der Waals surface area contributed by atoms with Crippen molar-refractivity contribution in [2.45, 2.75) is 25.2 Å². The Kier molecular flexibility index (Phi) is 5.20. The Hall–Kier alpha value is -1.73. The summed E-state index contributed by atoms with van der Waals surface area (Å²) in [6.07, 6.45) is 4.24. The predicted molar refractivity (Wildman–Crippen MR) is 72.5 cm³/mol. The zero-order chi connectivity index (χ0) is 14.5. The summed E-state index contributed by atoms with van der Waals surface area (Å²) in [6, 6.07) is 4.01. The Labute approximate surface area is 112 Å². The second-order valence-corrected chi connectivity index (χ2v) is 5.65. The highest BCUT2D eigenvalue weighted by molar-refractivity contribution is 7.89. The third-order valence-corrected chi connectivity index (χ3v) is 4.19. The van der Waals surface area contributed by atoms with Gasteiger partial charge in [0.15, 0.2) is 0 Å². The van der Waals surface area contributed by atoms with Gasteiger partial charge in [0.2, 0.25) is 10.0 Å². The summed E-state index contributed by atoms with van der Waals surface area (Å²) in [6.45, 7) is 3.53. The molecule has 0 amide bonds. The first-order valence-corrected chi connectivity index (χ1v) is 7.23. The average molecular weight is 284 g/mol. The second kappa shape index (κ2) is 6.44. The SMILES string of the molecule is C/C=C/CCNS(=O)(=O)c1cccc([N+](=O)[O-])c1C. The largest absolute Gasteiger partial charge is 0.273 e. The normalized spacial score (nSPS) is 11.9. The maximum absolute atomic E-state index is 12.0. The van der Waals surface area contributed by atoms with Gasteiger partial charge in [0.05, 0.1) is 9.82 Å². The van der Waals surface area contributed by atoms with Crippen LogP contribution in [0.1, 0.15) is 18.9 Å². The monoisotopic (exact) mass is 284 g/mol. The number of nitrogens with zero attached hydrogens (tertiary/aromatic N) is 1. The standard InChI is InChI=1S/C12H16N2O4S/c1-3-4-5-9-13-19(17,18)12-8-6-7-11(10(12)2)14(15)16/h3-4,6-8,13H,5,9H2,1-2H3/b4-3+. The summed E-state index contributed by atoms with van der Waals surface area (Å²) in [5.41, 5.74) is -0.0534. The van der Waals surface area contributed by atoms with Gasteiger partial charge >= 0.3 is 0 Å². The molecule has 1 aromatic carbocycles. The first-order valence-electron chi connectivity index (χ1n) is 5.75. The smallest absolute Gasteiger partial charge is 0.258 e. The highest BCUT2D eigenvalue weighted by atomic mass is 32.2. The molecule has 0 aliphatic heterocycles. The molecule has 0 aliphatic carbocycles. The average Bonchev–Trinajstić information content (AvgIpc) is 2.34. The molecular formula is C12H16N2O4S. The van der Waals surface area contributed by atoms with E-state index in [-0.39, 0.29) is 22.7 Å². The minimum absolute atomic E-state index is 0.0535. The van der Waals surface area contributed by atoms with Crippen molar-refractivity contribution in [3.05, 3.63) is 46.0 Å². The fourth-order valence-electron chi connectivity index (χ4n) is 1.61. The molecule has 6 nitrogen and oxygen atoms in total. The van der Waals surface area contributed by atoms with E-state index in [1.54, 1.807) is 0 Å². The maximum atomic E-state index is 12.0. The van der Waals surface area contributed by atoms with Gasteiger partial charge in [0.25, 0.3) is 5.69 Å². The van der Waals surface area contributed by atoms with Crippen LogP contribution in [0.15, 0.2) is 35.2 Å². The first kappa shape index (κ1) is 15.3. The van der Waals surface area contributed by atoms with E-state index >= 15 is 0 Å². The zero-order valence-corrected chi connectivity index (χ0v) is 11.6. The van der Waals surface area contributed by atoms with E-state index in [4.69, 9.17) is 0 Å². The van der Waals surface area contributed by atoms with Gasteiger partial charge in [-0.05, 0) is 26.3 Å². The van der Waals surface area contributed by atoms with E-state index in [1.807, 2.05) is 19.1 Å². The molecule has 0 saturated carbocycles. The highest BCUT2D eigenvalue weighted by Gasteiger charge is 2.22. The molecule has 0 heterocycles. The van der Waals surface area contributed by atoms with E-state index in [2.05, 4.69) is 4.72 Å². The lowest BCUT2D eigenvalue weighted by Crippen LogP contribution is -2.25. The van der Waals surface area contributed by atoms with E-state index in [0.29, 0.717) is 6.42 Å².